The van der Waals surface area contributed by atoms with Crippen molar-refractivity contribution >= 4 is 87.2 Å². The fourth-order valence-corrected chi connectivity index (χ4v) is 13.8. The number of nitrogens with zero attached hydrogens (tertiary/aromatic N) is 2. The van der Waals surface area contributed by atoms with Gasteiger partial charge in [0.25, 0.3) is 0 Å². The quantitative estimate of drug-likeness (QED) is 0.150. The first-order valence-electron chi connectivity index (χ1n) is 25.4. The molecule has 0 amide bonds. The van der Waals surface area contributed by atoms with E-state index in [0.717, 1.165) is 0 Å². The number of thiophene rings is 1. The van der Waals surface area contributed by atoms with Gasteiger partial charge < -0.3 is 9.80 Å². The van der Waals surface area contributed by atoms with Crippen LogP contribution in [-0.4, -0.2) is 0 Å². The van der Waals surface area contributed by atoms with E-state index in [2.05, 4.69) is 206 Å². The molecule has 0 saturated heterocycles. The second kappa shape index (κ2) is 16.8. The SMILES string of the molecule is CC1(C)c2cc3cc(N(c4ccccc4)c4ccc(C5CCCCC5)cc4)ccc3cc2-c2ccc3sc4cc5cc(N(c6ccccc6)c6ccc(C7CCCCC7)cc6)ccc5cc4c3c21. The summed E-state index contributed by atoms with van der Waals surface area (Å²) in [4.78, 5) is 4.85. The van der Waals surface area contributed by atoms with Crippen LogP contribution in [0.15, 0.2) is 182 Å². The summed E-state index contributed by atoms with van der Waals surface area (Å²) in [5.74, 6) is 1.38. The van der Waals surface area contributed by atoms with Crippen LogP contribution in [0.3, 0.4) is 0 Å². The van der Waals surface area contributed by atoms with Crippen LogP contribution in [0, 0.1) is 0 Å². The highest BCUT2D eigenvalue weighted by molar-refractivity contribution is 7.26. The van der Waals surface area contributed by atoms with E-state index in [1.165, 1.54) is 173 Å². The maximum Gasteiger partial charge on any atom is 0.0468 e. The van der Waals surface area contributed by atoms with Gasteiger partial charge in [-0.05, 0) is 196 Å². The van der Waals surface area contributed by atoms with Gasteiger partial charge in [0.15, 0.2) is 0 Å². The molecule has 3 aliphatic rings. The van der Waals surface area contributed by atoms with Crippen molar-refractivity contribution in [3.63, 3.8) is 0 Å². The van der Waals surface area contributed by atoms with E-state index in [1.54, 1.807) is 0 Å². The second-order valence-electron chi connectivity index (χ2n) is 20.6. The van der Waals surface area contributed by atoms with Gasteiger partial charge in [0.1, 0.15) is 0 Å². The zero-order chi connectivity index (χ0) is 45.3. The van der Waals surface area contributed by atoms with E-state index in [9.17, 15) is 0 Å². The molecule has 2 fully saturated rings. The Kier molecular flexibility index (Phi) is 10.3. The maximum atomic E-state index is 2.50. The molecule has 1 heterocycles. The number of rotatable bonds is 8. The molecule has 9 aromatic carbocycles. The molecule has 2 saturated carbocycles. The fraction of sp³-hybridized carbons (Fsp3) is 0.231. The lowest BCUT2D eigenvalue weighted by atomic mass is 9.80. The summed E-state index contributed by atoms with van der Waals surface area (Å²) in [7, 11) is 0. The van der Waals surface area contributed by atoms with Crippen molar-refractivity contribution in [1.82, 2.24) is 0 Å². The van der Waals surface area contributed by atoms with Crippen molar-refractivity contribution < 1.29 is 0 Å². The van der Waals surface area contributed by atoms with Crippen LogP contribution in [0.4, 0.5) is 34.1 Å². The number of hydrogen-bond acceptors (Lipinski definition) is 3. The van der Waals surface area contributed by atoms with E-state index in [1.807, 2.05) is 11.3 Å². The highest BCUT2D eigenvalue weighted by Gasteiger charge is 2.38. The topological polar surface area (TPSA) is 6.48 Å². The molecule has 13 rings (SSSR count). The number of para-hydroxylation sites is 2. The molecular weight excluding hydrogens is 841 g/mol. The van der Waals surface area contributed by atoms with Crippen LogP contribution in [0.2, 0.25) is 0 Å². The molecule has 0 unspecified atom stereocenters. The van der Waals surface area contributed by atoms with Crippen LogP contribution < -0.4 is 9.80 Å². The molecule has 0 radical (unpaired) electrons. The first-order chi connectivity index (χ1) is 33.4. The van der Waals surface area contributed by atoms with E-state index >= 15 is 0 Å². The lowest BCUT2D eigenvalue weighted by molar-refractivity contribution is 0.443. The average molecular weight is 899 g/mol. The smallest absolute Gasteiger partial charge is 0.0468 e. The van der Waals surface area contributed by atoms with Gasteiger partial charge in [-0.25, -0.2) is 0 Å². The monoisotopic (exact) mass is 898 g/mol. The van der Waals surface area contributed by atoms with Gasteiger partial charge >= 0.3 is 0 Å². The molecule has 3 aliphatic carbocycles. The summed E-state index contributed by atoms with van der Waals surface area (Å²) in [5, 5.41) is 7.87. The standard InChI is InChI=1S/C65H58N2S/c1-65(2)60-41-49-37-55(66(51-19-11-5-12-20-51)53-29-23-45(24-30-53)43-15-7-3-8-16-43)33-27-47(49)39-58(60)57-35-36-61-63(64(57)65)59-40-48-28-34-56(38-50(48)42-62(59)68-61)67(52-21-13-6-14-22-52)54-31-25-46(26-32-54)44-17-9-4-10-18-44/h5-6,11-14,19-44H,3-4,7-10,15-18H2,1-2H3. The molecule has 2 nitrogen and oxygen atoms in total. The van der Waals surface area contributed by atoms with Gasteiger partial charge in [0, 0.05) is 59.7 Å². The Morgan fingerprint density at radius 3 is 1.43 bits per heavy atom. The summed E-state index contributed by atoms with van der Waals surface area (Å²) in [6, 6.07) is 69.5. The van der Waals surface area contributed by atoms with Crippen LogP contribution in [0.5, 0.6) is 0 Å². The van der Waals surface area contributed by atoms with Gasteiger partial charge in [-0.2, -0.15) is 0 Å². The van der Waals surface area contributed by atoms with E-state index in [4.69, 9.17) is 0 Å². The second-order valence-corrected chi connectivity index (χ2v) is 21.7. The van der Waals surface area contributed by atoms with Crippen LogP contribution >= 0.6 is 11.3 Å². The Morgan fingerprint density at radius 2 is 0.882 bits per heavy atom. The average Bonchev–Trinajstić information content (AvgIpc) is 3.86. The van der Waals surface area contributed by atoms with E-state index in [-0.39, 0.29) is 5.41 Å². The summed E-state index contributed by atoms with van der Waals surface area (Å²) < 4.78 is 2.70. The Morgan fingerprint density at radius 1 is 0.397 bits per heavy atom. The van der Waals surface area contributed by atoms with Crippen LogP contribution in [0.1, 0.15) is 112 Å². The molecule has 1 aromatic heterocycles. The van der Waals surface area contributed by atoms with Crippen molar-refractivity contribution in [3.05, 3.63) is 204 Å². The van der Waals surface area contributed by atoms with Crippen LogP contribution in [-0.2, 0) is 5.41 Å². The third-order valence-corrected chi connectivity index (χ3v) is 17.2. The fourth-order valence-electron chi connectivity index (χ4n) is 12.6. The molecule has 10 aromatic rings. The van der Waals surface area contributed by atoms with Crippen molar-refractivity contribution in [2.24, 2.45) is 0 Å². The zero-order valence-corrected chi connectivity index (χ0v) is 40.2. The highest BCUT2D eigenvalue weighted by atomic mass is 32.1. The van der Waals surface area contributed by atoms with Gasteiger partial charge in [-0.1, -0.05) is 131 Å². The van der Waals surface area contributed by atoms with E-state index < -0.39 is 0 Å². The lowest BCUT2D eigenvalue weighted by Gasteiger charge is -2.27. The van der Waals surface area contributed by atoms with Crippen molar-refractivity contribution in [1.29, 1.82) is 0 Å². The van der Waals surface area contributed by atoms with Gasteiger partial charge in [-0.15, -0.1) is 11.3 Å². The van der Waals surface area contributed by atoms with Gasteiger partial charge in [0.05, 0.1) is 0 Å². The summed E-state index contributed by atoms with van der Waals surface area (Å²) in [6.45, 7) is 4.90. The largest absolute Gasteiger partial charge is 0.310 e. The number of hydrogen-bond donors (Lipinski definition) is 0. The van der Waals surface area contributed by atoms with Crippen LogP contribution in [0.25, 0.3) is 52.8 Å². The molecule has 0 atom stereocenters. The minimum Gasteiger partial charge on any atom is -0.310 e. The molecule has 0 spiro atoms. The summed E-state index contributed by atoms with van der Waals surface area (Å²) in [6.07, 6.45) is 13.4. The first kappa shape index (κ1) is 41.5. The lowest BCUT2D eigenvalue weighted by Crippen LogP contribution is -2.15. The Hall–Kier alpha value is -6.68. The molecule has 334 valence electrons. The molecular formula is C65H58N2S. The number of anilines is 6. The minimum absolute atomic E-state index is 0.183. The first-order valence-corrected chi connectivity index (χ1v) is 26.2. The van der Waals surface area contributed by atoms with Crippen molar-refractivity contribution in [3.8, 4) is 11.1 Å². The summed E-state index contributed by atoms with van der Waals surface area (Å²) >= 11 is 1.94. The Labute approximate surface area is 405 Å². The van der Waals surface area contributed by atoms with E-state index in [0.29, 0.717) is 11.8 Å². The maximum absolute atomic E-state index is 2.50. The normalized spacial score (nSPS) is 16.1. The molecule has 3 heteroatoms. The number of benzene rings is 9. The molecule has 0 aliphatic heterocycles. The van der Waals surface area contributed by atoms with Gasteiger partial charge in [-0.3, -0.25) is 0 Å². The summed E-state index contributed by atoms with van der Waals surface area (Å²) in [5.41, 5.74) is 15.5. The predicted molar refractivity (Wildman–Crippen MR) is 293 cm³/mol. The van der Waals surface area contributed by atoms with Gasteiger partial charge in [0.2, 0.25) is 0 Å². The number of fused-ring (bicyclic) bond motifs is 9. The Bertz CT molecular complexity index is 3480. The predicted octanol–water partition coefficient (Wildman–Crippen LogP) is 19.7. The zero-order valence-electron chi connectivity index (χ0n) is 39.3. The van der Waals surface area contributed by atoms with Crippen molar-refractivity contribution in [2.75, 3.05) is 9.80 Å². The third kappa shape index (κ3) is 7.12. The van der Waals surface area contributed by atoms with Crippen molar-refractivity contribution in [2.45, 2.75) is 95.3 Å². The third-order valence-electron chi connectivity index (χ3n) is 16.1. The highest BCUT2D eigenvalue weighted by Crippen LogP contribution is 2.55. The molecule has 0 bridgehead atoms. The molecule has 68 heavy (non-hydrogen) atoms. The molecule has 0 N–H and O–H groups in total. The Balaban J connectivity index is 0.869. The minimum atomic E-state index is -0.183.